The number of piperazine rings is 1. The first-order chi connectivity index (χ1) is 11.5. The standard InChI is InChI=1S/C19H31N3O2/c1-14(23)22-4-2-21(3-5-22)12-18(24)20-13-19-9-15-6-16(10-19)8-17(7-15)11-19/h15-17H,2-13H2,1H3,(H,20,24)/p+1. The lowest BCUT2D eigenvalue weighted by Gasteiger charge is -2.56. The van der Waals surface area contributed by atoms with Gasteiger partial charge in [-0.05, 0) is 61.7 Å². The molecule has 5 fully saturated rings. The van der Waals surface area contributed by atoms with Gasteiger partial charge in [-0.3, -0.25) is 9.59 Å². The van der Waals surface area contributed by atoms with Crippen molar-refractivity contribution in [3.05, 3.63) is 0 Å². The van der Waals surface area contributed by atoms with Crippen molar-refractivity contribution in [1.29, 1.82) is 0 Å². The third-order valence-electron chi connectivity index (χ3n) is 7.15. The molecule has 5 heteroatoms. The Kier molecular flexibility index (Phi) is 4.31. The fourth-order valence-electron chi connectivity index (χ4n) is 6.40. The van der Waals surface area contributed by atoms with Crippen molar-refractivity contribution in [2.45, 2.75) is 45.4 Å². The number of rotatable bonds is 4. The molecule has 0 radical (unpaired) electrons. The van der Waals surface area contributed by atoms with Gasteiger partial charge in [0.2, 0.25) is 5.91 Å². The highest BCUT2D eigenvalue weighted by molar-refractivity contribution is 5.77. The van der Waals surface area contributed by atoms with Crippen LogP contribution >= 0.6 is 0 Å². The molecule has 4 saturated carbocycles. The van der Waals surface area contributed by atoms with Crippen molar-refractivity contribution in [2.24, 2.45) is 23.2 Å². The lowest BCUT2D eigenvalue weighted by molar-refractivity contribution is -0.896. The van der Waals surface area contributed by atoms with Crippen LogP contribution < -0.4 is 10.2 Å². The second kappa shape index (κ2) is 6.32. The van der Waals surface area contributed by atoms with Gasteiger partial charge in [-0.25, -0.2) is 0 Å². The second-order valence-electron chi connectivity index (χ2n) is 9.13. The smallest absolute Gasteiger partial charge is 0.275 e. The van der Waals surface area contributed by atoms with E-state index in [0.717, 1.165) is 50.5 Å². The van der Waals surface area contributed by atoms with E-state index in [9.17, 15) is 9.59 Å². The number of nitrogens with zero attached hydrogens (tertiary/aromatic N) is 1. The van der Waals surface area contributed by atoms with E-state index in [0.29, 0.717) is 12.0 Å². The summed E-state index contributed by atoms with van der Waals surface area (Å²) in [6.07, 6.45) is 8.42. The average molecular weight is 334 g/mol. The first kappa shape index (κ1) is 16.4. The molecule has 2 amide bonds. The number of nitrogens with one attached hydrogen (secondary N) is 2. The van der Waals surface area contributed by atoms with Crippen molar-refractivity contribution >= 4 is 11.8 Å². The van der Waals surface area contributed by atoms with Crippen LogP contribution in [0.25, 0.3) is 0 Å². The Hall–Kier alpha value is -1.10. The molecule has 0 atom stereocenters. The quantitative estimate of drug-likeness (QED) is 0.764. The SMILES string of the molecule is CC(=O)N1CC[NH+](CC(=O)NCC23CC4CC(CC(C4)C2)C3)CC1. The molecule has 1 saturated heterocycles. The van der Waals surface area contributed by atoms with Gasteiger partial charge in [-0.15, -0.1) is 0 Å². The fourth-order valence-corrected chi connectivity index (χ4v) is 6.40. The fraction of sp³-hybridized carbons (Fsp3) is 0.895. The van der Waals surface area contributed by atoms with E-state index < -0.39 is 0 Å². The van der Waals surface area contributed by atoms with E-state index in [2.05, 4.69) is 5.32 Å². The normalized spacial score (nSPS) is 38.4. The molecule has 0 aromatic rings. The third kappa shape index (κ3) is 3.32. The highest BCUT2D eigenvalue weighted by atomic mass is 16.2. The van der Waals surface area contributed by atoms with Gasteiger partial charge in [-0.2, -0.15) is 0 Å². The number of carbonyl (C=O) groups excluding carboxylic acids is 2. The van der Waals surface area contributed by atoms with Gasteiger partial charge in [0.1, 0.15) is 0 Å². The van der Waals surface area contributed by atoms with Gasteiger partial charge in [0.25, 0.3) is 5.91 Å². The van der Waals surface area contributed by atoms with Crippen LogP contribution in [-0.4, -0.2) is 56.0 Å². The van der Waals surface area contributed by atoms with Gasteiger partial charge in [0, 0.05) is 13.5 Å². The molecule has 1 aliphatic heterocycles. The molecule has 5 nitrogen and oxygen atoms in total. The zero-order chi connectivity index (χ0) is 16.7. The molecule has 0 spiro atoms. The maximum atomic E-state index is 12.4. The zero-order valence-corrected chi connectivity index (χ0v) is 15.0. The summed E-state index contributed by atoms with van der Waals surface area (Å²) in [6.45, 7) is 6.46. The number of hydrogen-bond acceptors (Lipinski definition) is 2. The van der Waals surface area contributed by atoms with Crippen molar-refractivity contribution in [3.8, 4) is 0 Å². The lowest BCUT2D eigenvalue weighted by Crippen LogP contribution is -3.15. The van der Waals surface area contributed by atoms with Crippen LogP contribution in [0.3, 0.4) is 0 Å². The Morgan fingerprint density at radius 2 is 1.58 bits per heavy atom. The number of quaternary nitrogens is 1. The van der Waals surface area contributed by atoms with E-state index in [-0.39, 0.29) is 11.8 Å². The van der Waals surface area contributed by atoms with Crippen molar-refractivity contribution in [3.63, 3.8) is 0 Å². The van der Waals surface area contributed by atoms with Crippen LogP contribution in [0.2, 0.25) is 0 Å². The molecule has 5 aliphatic rings. The second-order valence-corrected chi connectivity index (χ2v) is 9.13. The minimum Gasteiger partial charge on any atom is -0.351 e. The van der Waals surface area contributed by atoms with E-state index >= 15 is 0 Å². The molecule has 24 heavy (non-hydrogen) atoms. The topological polar surface area (TPSA) is 53.9 Å². The van der Waals surface area contributed by atoms with Gasteiger partial charge >= 0.3 is 0 Å². The van der Waals surface area contributed by atoms with E-state index in [4.69, 9.17) is 0 Å². The molecule has 1 heterocycles. The average Bonchev–Trinajstić information content (AvgIpc) is 2.52. The third-order valence-corrected chi connectivity index (χ3v) is 7.15. The molecule has 4 aliphatic carbocycles. The van der Waals surface area contributed by atoms with Gasteiger partial charge in [-0.1, -0.05) is 0 Å². The van der Waals surface area contributed by atoms with E-state index in [1.807, 2.05) is 4.90 Å². The van der Waals surface area contributed by atoms with Crippen molar-refractivity contribution in [2.75, 3.05) is 39.3 Å². The molecular weight excluding hydrogens is 302 g/mol. The summed E-state index contributed by atoms with van der Waals surface area (Å²) in [7, 11) is 0. The predicted molar refractivity (Wildman–Crippen MR) is 91.4 cm³/mol. The first-order valence-corrected chi connectivity index (χ1v) is 9.87. The summed E-state index contributed by atoms with van der Waals surface area (Å²) in [4.78, 5) is 27.0. The Balaban J connectivity index is 1.24. The van der Waals surface area contributed by atoms with Crippen molar-refractivity contribution in [1.82, 2.24) is 10.2 Å². The summed E-state index contributed by atoms with van der Waals surface area (Å²) >= 11 is 0. The number of carbonyl (C=O) groups is 2. The van der Waals surface area contributed by atoms with Gasteiger partial charge in [0.15, 0.2) is 6.54 Å². The number of amides is 2. The molecule has 134 valence electrons. The predicted octanol–water partition coefficient (Wildman–Crippen LogP) is 0.0660. The minimum atomic E-state index is 0.153. The minimum absolute atomic E-state index is 0.153. The highest BCUT2D eigenvalue weighted by Gasteiger charge is 2.50. The van der Waals surface area contributed by atoms with Crippen LogP contribution in [0.15, 0.2) is 0 Å². The monoisotopic (exact) mass is 334 g/mol. The summed E-state index contributed by atoms with van der Waals surface area (Å²) in [5, 5.41) is 3.28. The summed E-state index contributed by atoms with van der Waals surface area (Å²) in [6, 6.07) is 0. The Morgan fingerprint density at radius 1 is 1.04 bits per heavy atom. The molecule has 2 N–H and O–H groups in total. The van der Waals surface area contributed by atoms with Gasteiger partial charge < -0.3 is 15.1 Å². The van der Waals surface area contributed by atoms with Crippen LogP contribution in [0.1, 0.15) is 45.4 Å². The first-order valence-electron chi connectivity index (χ1n) is 9.87. The molecule has 0 unspecified atom stereocenters. The Morgan fingerprint density at radius 3 is 2.08 bits per heavy atom. The Labute approximate surface area is 145 Å². The molecule has 4 bridgehead atoms. The van der Waals surface area contributed by atoms with Crippen LogP contribution in [-0.2, 0) is 9.59 Å². The largest absolute Gasteiger partial charge is 0.351 e. The van der Waals surface area contributed by atoms with Crippen LogP contribution in [0.4, 0.5) is 0 Å². The summed E-state index contributed by atoms with van der Waals surface area (Å²) in [5.74, 6) is 3.19. The van der Waals surface area contributed by atoms with Gasteiger partial charge in [0.05, 0.1) is 26.2 Å². The maximum absolute atomic E-state index is 12.4. The molecule has 0 aromatic carbocycles. The summed E-state index contributed by atoms with van der Waals surface area (Å²) < 4.78 is 0. The van der Waals surface area contributed by atoms with Crippen molar-refractivity contribution < 1.29 is 14.5 Å². The van der Waals surface area contributed by atoms with Crippen LogP contribution in [0.5, 0.6) is 0 Å². The number of hydrogen-bond donors (Lipinski definition) is 2. The Bertz CT molecular complexity index is 475. The van der Waals surface area contributed by atoms with E-state index in [1.54, 1.807) is 6.92 Å². The molecule has 5 rings (SSSR count). The zero-order valence-electron chi connectivity index (χ0n) is 15.0. The lowest BCUT2D eigenvalue weighted by atomic mass is 9.49. The summed E-state index contributed by atoms with van der Waals surface area (Å²) in [5.41, 5.74) is 0.424. The van der Waals surface area contributed by atoms with Crippen LogP contribution in [0, 0.1) is 23.2 Å². The highest BCUT2D eigenvalue weighted by Crippen LogP contribution is 2.59. The van der Waals surface area contributed by atoms with E-state index in [1.165, 1.54) is 43.4 Å². The molecule has 0 aromatic heterocycles. The molecular formula is C19H32N3O2+. The maximum Gasteiger partial charge on any atom is 0.275 e.